The molecule has 1 saturated heterocycles. The van der Waals surface area contributed by atoms with Crippen LogP contribution in [-0.4, -0.2) is 34.0 Å². The van der Waals surface area contributed by atoms with E-state index in [1.807, 2.05) is 19.1 Å². The van der Waals surface area contributed by atoms with Crippen molar-refractivity contribution >= 4 is 22.8 Å². The van der Waals surface area contributed by atoms with Gasteiger partial charge in [-0.2, -0.15) is 0 Å². The Morgan fingerprint density at radius 2 is 2.14 bits per heavy atom. The number of furan rings is 1. The molecular formula is C16H17NO4. The minimum atomic E-state index is -1.14. The second-order valence-corrected chi connectivity index (χ2v) is 5.72. The SMILES string of the molecule is Cc1cc2cccc(C(=O)N3CCC[C@@]3(C)C(=O)O)c2o1. The molecule has 21 heavy (non-hydrogen) atoms. The van der Waals surface area contributed by atoms with E-state index in [0.29, 0.717) is 30.5 Å². The van der Waals surface area contributed by atoms with Crippen LogP contribution >= 0.6 is 0 Å². The van der Waals surface area contributed by atoms with Gasteiger partial charge >= 0.3 is 5.97 Å². The minimum Gasteiger partial charge on any atom is -0.480 e. The van der Waals surface area contributed by atoms with Gasteiger partial charge < -0.3 is 14.4 Å². The van der Waals surface area contributed by atoms with E-state index < -0.39 is 11.5 Å². The third-order valence-electron chi connectivity index (χ3n) is 4.24. The van der Waals surface area contributed by atoms with Crippen molar-refractivity contribution < 1.29 is 19.1 Å². The minimum absolute atomic E-state index is 0.280. The highest BCUT2D eigenvalue weighted by molar-refractivity contribution is 6.06. The van der Waals surface area contributed by atoms with Crippen molar-refractivity contribution in [1.29, 1.82) is 0 Å². The Labute approximate surface area is 122 Å². The maximum atomic E-state index is 12.8. The fraction of sp³-hybridized carbons (Fsp3) is 0.375. The van der Waals surface area contributed by atoms with Crippen LogP contribution in [0.3, 0.4) is 0 Å². The van der Waals surface area contributed by atoms with Crippen LogP contribution in [0.5, 0.6) is 0 Å². The van der Waals surface area contributed by atoms with E-state index in [1.165, 1.54) is 4.90 Å². The molecule has 0 unspecified atom stereocenters. The number of nitrogens with zero attached hydrogens (tertiary/aromatic N) is 1. The Bertz CT molecular complexity index is 733. The molecule has 110 valence electrons. The maximum Gasteiger partial charge on any atom is 0.329 e. The van der Waals surface area contributed by atoms with Gasteiger partial charge in [0.25, 0.3) is 5.91 Å². The molecule has 1 N–H and O–H groups in total. The topological polar surface area (TPSA) is 70.8 Å². The van der Waals surface area contributed by atoms with Gasteiger partial charge in [0, 0.05) is 11.9 Å². The van der Waals surface area contributed by atoms with Crippen LogP contribution in [0.25, 0.3) is 11.0 Å². The second kappa shape index (κ2) is 4.62. The zero-order valence-electron chi connectivity index (χ0n) is 12.0. The van der Waals surface area contributed by atoms with E-state index in [0.717, 1.165) is 11.1 Å². The van der Waals surface area contributed by atoms with Crippen molar-refractivity contribution in [3.05, 3.63) is 35.6 Å². The lowest BCUT2D eigenvalue weighted by molar-refractivity contribution is -0.147. The first kappa shape index (κ1) is 13.7. The third kappa shape index (κ3) is 2.00. The molecule has 2 aromatic rings. The Morgan fingerprint density at radius 1 is 1.38 bits per heavy atom. The number of aryl methyl sites for hydroxylation is 1. The molecule has 1 atom stereocenters. The number of likely N-dealkylation sites (tertiary alicyclic amines) is 1. The summed E-state index contributed by atoms with van der Waals surface area (Å²) >= 11 is 0. The van der Waals surface area contributed by atoms with Crippen LogP contribution < -0.4 is 0 Å². The van der Waals surface area contributed by atoms with E-state index in [1.54, 1.807) is 19.1 Å². The Balaban J connectivity index is 2.07. The van der Waals surface area contributed by atoms with Crippen LogP contribution in [0.4, 0.5) is 0 Å². The van der Waals surface area contributed by atoms with Gasteiger partial charge in [-0.25, -0.2) is 4.79 Å². The largest absolute Gasteiger partial charge is 0.480 e. The van der Waals surface area contributed by atoms with Crippen molar-refractivity contribution in [2.45, 2.75) is 32.2 Å². The Hall–Kier alpha value is -2.30. The third-order valence-corrected chi connectivity index (χ3v) is 4.24. The van der Waals surface area contributed by atoms with E-state index in [9.17, 15) is 14.7 Å². The van der Waals surface area contributed by atoms with Gasteiger partial charge in [0.05, 0.1) is 5.56 Å². The standard InChI is InChI=1S/C16H17NO4/c1-10-9-11-5-3-6-12(13(11)21-10)14(18)17-8-4-7-16(17,2)15(19)20/h3,5-6,9H,4,7-8H2,1-2H3,(H,19,20)/t16-/m0/s1. The number of carbonyl (C=O) groups is 2. The molecule has 5 heteroatoms. The highest BCUT2D eigenvalue weighted by atomic mass is 16.4. The molecule has 0 saturated carbocycles. The summed E-state index contributed by atoms with van der Waals surface area (Å²) in [6.07, 6.45) is 1.17. The van der Waals surface area contributed by atoms with Crippen LogP contribution in [0.1, 0.15) is 35.9 Å². The van der Waals surface area contributed by atoms with Gasteiger partial charge in [-0.3, -0.25) is 4.79 Å². The maximum absolute atomic E-state index is 12.8. The number of hydrogen-bond acceptors (Lipinski definition) is 3. The van der Waals surface area contributed by atoms with Crippen LogP contribution in [0.2, 0.25) is 0 Å². The number of fused-ring (bicyclic) bond motifs is 1. The zero-order chi connectivity index (χ0) is 15.2. The van der Waals surface area contributed by atoms with Gasteiger partial charge in [-0.1, -0.05) is 12.1 Å². The monoisotopic (exact) mass is 287 g/mol. The van der Waals surface area contributed by atoms with Crippen LogP contribution in [0, 0.1) is 6.92 Å². The molecule has 1 amide bonds. The number of hydrogen-bond donors (Lipinski definition) is 1. The molecule has 1 aromatic carbocycles. The van der Waals surface area contributed by atoms with E-state index in [-0.39, 0.29) is 5.91 Å². The first-order chi connectivity index (χ1) is 9.93. The van der Waals surface area contributed by atoms with E-state index in [4.69, 9.17) is 4.42 Å². The van der Waals surface area contributed by atoms with Gasteiger partial charge in [0.1, 0.15) is 16.9 Å². The average molecular weight is 287 g/mol. The van der Waals surface area contributed by atoms with Crippen molar-refractivity contribution in [2.24, 2.45) is 0 Å². The molecule has 1 aromatic heterocycles. The number of benzene rings is 1. The number of rotatable bonds is 2. The van der Waals surface area contributed by atoms with Crippen LogP contribution in [0.15, 0.2) is 28.7 Å². The number of carboxylic acids is 1. The normalized spacial score (nSPS) is 21.9. The molecular weight excluding hydrogens is 270 g/mol. The molecule has 2 heterocycles. The lowest BCUT2D eigenvalue weighted by Crippen LogP contribution is -2.50. The van der Waals surface area contributed by atoms with Crippen molar-refractivity contribution in [3.8, 4) is 0 Å². The molecule has 1 aliphatic rings. The Kier molecular flexibility index (Phi) is 3.01. The van der Waals surface area contributed by atoms with Gasteiger partial charge in [0.15, 0.2) is 0 Å². The quantitative estimate of drug-likeness (QED) is 0.922. The van der Waals surface area contributed by atoms with Crippen molar-refractivity contribution in [1.82, 2.24) is 4.90 Å². The predicted molar refractivity (Wildman–Crippen MR) is 77.3 cm³/mol. The number of aliphatic carboxylic acids is 1. The van der Waals surface area contributed by atoms with Crippen LogP contribution in [-0.2, 0) is 4.79 Å². The molecule has 0 aliphatic carbocycles. The summed E-state index contributed by atoms with van der Waals surface area (Å²) in [6.45, 7) is 3.89. The lowest BCUT2D eigenvalue weighted by atomic mass is 9.98. The fourth-order valence-corrected chi connectivity index (χ4v) is 3.02. The summed E-state index contributed by atoms with van der Waals surface area (Å²) in [7, 11) is 0. The highest BCUT2D eigenvalue weighted by Gasteiger charge is 2.46. The predicted octanol–water partition coefficient (Wildman–Crippen LogP) is 2.82. The number of amides is 1. The molecule has 5 nitrogen and oxygen atoms in total. The summed E-state index contributed by atoms with van der Waals surface area (Å²) in [5.74, 6) is -0.513. The van der Waals surface area contributed by atoms with Gasteiger partial charge in [-0.15, -0.1) is 0 Å². The Morgan fingerprint density at radius 3 is 2.86 bits per heavy atom. The average Bonchev–Trinajstić information content (AvgIpc) is 3.00. The van der Waals surface area contributed by atoms with Crippen molar-refractivity contribution in [2.75, 3.05) is 6.54 Å². The van der Waals surface area contributed by atoms with Crippen molar-refractivity contribution in [3.63, 3.8) is 0 Å². The first-order valence-electron chi connectivity index (χ1n) is 6.98. The van der Waals surface area contributed by atoms with Gasteiger partial charge in [-0.05, 0) is 38.8 Å². The fourth-order valence-electron chi connectivity index (χ4n) is 3.02. The van der Waals surface area contributed by atoms with E-state index >= 15 is 0 Å². The highest BCUT2D eigenvalue weighted by Crippen LogP contribution is 2.32. The summed E-state index contributed by atoms with van der Waals surface area (Å²) < 4.78 is 5.61. The number of carbonyl (C=O) groups excluding carboxylic acids is 1. The molecule has 0 bridgehead atoms. The molecule has 1 fully saturated rings. The second-order valence-electron chi connectivity index (χ2n) is 5.72. The summed E-state index contributed by atoms with van der Waals surface area (Å²) in [5, 5.41) is 10.3. The number of carboxylic acid groups (broad SMARTS) is 1. The molecule has 1 aliphatic heterocycles. The first-order valence-corrected chi connectivity index (χ1v) is 6.98. The van der Waals surface area contributed by atoms with E-state index in [2.05, 4.69) is 0 Å². The zero-order valence-corrected chi connectivity index (χ0v) is 12.0. The molecule has 0 radical (unpaired) electrons. The number of para-hydroxylation sites is 1. The summed E-state index contributed by atoms with van der Waals surface area (Å²) in [5.41, 5.74) is -0.185. The molecule has 3 rings (SSSR count). The summed E-state index contributed by atoms with van der Waals surface area (Å²) in [6, 6.07) is 7.22. The lowest BCUT2D eigenvalue weighted by Gasteiger charge is -2.31. The smallest absolute Gasteiger partial charge is 0.329 e. The summed E-state index contributed by atoms with van der Waals surface area (Å²) in [4.78, 5) is 25.8. The van der Waals surface area contributed by atoms with Gasteiger partial charge in [0.2, 0.25) is 0 Å². The molecule has 0 spiro atoms.